The highest BCUT2D eigenvalue weighted by Gasteiger charge is 2.24. The summed E-state index contributed by atoms with van der Waals surface area (Å²) in [6.45, 7) is 1.45. The maximum atomic E-state index is 12.3. The van der Waals surface area contributed by atoms with Crippen molar-refractivity contribution < 1.29 is 9.59 Å². The summed E-state index contributed by atoms with van der Waals surface area (Å²) in [6.07, 6.45) is 3.38. The second kappa shape index (κ2) is 7.81. The van der Waals surface area contributed by atoms with Crippen molar-refractivity contribution in [2.24, 2.45) is 11.7 Å². The Morgan fingerprint density at radius 3 is 2.72 bits per heavy atom. The Balaban J connectivity index is 1.67. The van der Waals surface area contributed by atoms with Crippen molar-refractivity contribution >= 4 is 45.9 Å². The van der Waals surface area contributed by atoms with Gasteiger partial charge in [0.25, 0.3) is 5.91 Å². The number of rotatable bonds is 4. The van der Waals surface area contributed by atoms with E-state index in [1.807, 2.05) is 30.3 Å². The highest BCUT2D eigenvalue weighted by atomic mass is 127. The van der Waals surface area contributed by atoms with Crippen LogP contribution in [0.15, 0.2) is 42.6 Å². The van der Waals surface area contributed by atoms with E-state index in [4.69, 9.17) is 5.73 Å². The number of aromatic nitrogens is 1. The van der Waals surface area contributed by atoms with Gasteiger partial charge in [-0.15, -0.1) is 0 Å². The van der Waals surface area contributed by atoms with Gasteiger partial charge in [0.15, 0.2) is 0 Å². The Kier molecular flexibility index (Phi) is 5.52. The molecule has 0 bridgehead atoms. The quantitative estimate of drug-likeness (QED) is 0.702. The van der Waals surface area contributed by atoms with Gasteiger partial charge in [0.1, 0.15) is 5.82 Å². The molecule has 2 aromatic rings. The Hall–Kier alpha value is -2.16. The minimum atomic E-state index is -0.258. The normalized spacial score (nSPS) is 17.2. The largest absolute Gasteiger partial charge is 0.369 e. The summed E-state index contributed by atoms with van der Waals surface area (Å²) < 4.78 is 0.896. The summed E-state index contributed by atoms with van der Waals surface area (Å²) >= 11 is 2.14. The van der Waals surface area contributed by atoms with Crippen molar-refractivity contribution in [3.8, 4) is 0 Å². The molecule has 3 rings (SSSR count). The topological polar surface area (TPSA) is 88.3 Å². The van der Waals surface area contributed by atoms with E-state index in [2.05, 4.69) is 37.8 Å². The second-order valence-corrected chi connectivity index (χ2v) is 7.19. The summed E-state index contributed by atoms with van der Waals surface area (Å²) in [5.41, 5.74) is 6.69. The smallest absolute Gasteiger partial charge is 0.256 e. The van der Waals surface area contributed by atoms with Crippen LogP contribution < -0.4 is 16.0 Å². The second-order valence-electron chi connectivity index (χ2n) is 6.03. The van der Waals surface area contributed by atoms with Crippen LogP contribution >= 0.6 is 22.6 Å². The van der Waals surface area contributed by atoms with Crippen LogP contribution in [0.3, 0.4) is 0 Å². The average molecular weight is 450 g/mol. The fraction of sp³-hybridized carbons (Fsp3) is 0.278. The van der Waals surface area contributed by atoms with E-state index in [-0.39, 0.29) is 17.7 Å². The molecule has 3 N–H and O–H groups in total. The molecule has 0 saturated carbocycles. The zero-order chi connectivity index (χ0) is 17.8. The lowest BCUT2D eigenvalue weighted by Crippen LogP contribution is -2.41. The first-order valence-electron chi connectivity index (χ1n) is 8.11. The number of pyridine rings is 1. The molecule has 2 amide bonds. The fourth-order valence-corrected chi connectivity index (χ4v) is 3.54. The number of anilines is 2. The molecular weight excluding hydrogens is 431 g/mol. The maximum Gasteiger partial charge on any atom is 0.256 e. The maximum absolute atomic E-state index is 12.3. The fourth-order valence-electron chi connectivity index (χ4n) is 2.91. The number of nitrogens with two attached hydrogens (primary N) is 1. The minimum absolute atomic E-state index is 0.130. The van der Waals surface area contributed by atoms with E-state index < -0.39 is 0 Å². The van der Waals surface area contributed by atoms with Gasteiger partial charge in [-0.05, 0) is 59.7 Å². The first kappa shape index (κ1) is 17.7. The Morgan fingerprint density at radius 2 is 2.04 bits per heavy atom. The van der Waals surface area contributed by atoms with Crippen molar-refractivity contribution in [2.75, 3.05) is 23.3 Å². The van der Waals surface area contributed by atoms with Gasteiger partial charge in [-0.1, -0.05) is 12.1 Å². The van der Waals surface area contributed by atoms with E-state index in [0.29, 0.717) is 17.8 Å². The number of amides is 2. The number of hydrogen-bond donors (Lipinski definition) is 2. The monoisotopic (exact) mass is 450 g/mol. The first-order valence-corrected chi connectivity index (χ1v) is 9.18. The standard InChI is InChI=1S/C18H19IN4O2/c19-15-6-2-1-5-14(15)18(25)22-13-7-8-16(21-10-13)23-9-3-4-12(11-23)17(20)24/h1-2,5-8,10,12H,3-4,9,11H2,(H2,20,24)(H,22,25). The molecule has 0 aliphatic carbocycles. The third-order valence-corrected chi connectivity index (χ3v) is 5.21. The van der Waals surface area contributed by atoms with Crippen molar-refractivity contribution in [1.82, 2.24) is 4.98 Å². The number of primary amides is 1. The number of carbonyl (C=O) groups excluding carboxylic acids is 2. The van der Waals surface area contributed by atoms with Crippen LogP contribution in [0.2, 0.25) is 0 Å². The Morgan fingerprint density at radius 1 is 1.24 bits per heavy atom. The third-order valence-electron chi connectivity index (χ3n) is 4.27. The number of carbonyl (C=O) groups is 2. The molecule has 1 aliphatic rings. The zero-order valence-electron chi connectivity index (χ0n) is 13.6. The Labute approximate surface area is 159 Å². The molecule has 1 aromatic heterocycles. The summed E-state index contributed by atoms with van der Waals surface area (Å²) in [4.78, 5) is 30.2. The van der Waals surface area contributed by atoms with Gasteiger partial charge in [0.05, 0.1) is 23.4 Å². The van der Waals surface area contributed by atoms with Gasteiger partial charge < -0.3 is 16.0 Å². The van der Waals surface area contributed by atoms with Gasteiger partial charge in [-0.2, -0.15) is 0 Å². The predicted octanol–water partition coefficient (Wildman–Crippen LogP) is 2.64. The highest BCUT2D eigenvalue weighted by molar-refractivity contribution is 14.1. The SMILES string of the molecule is NC(=O)C1CCCN(c2ccc(NC(=O)c3ccccc3I)cn2)C1. The van der Waals surface area contributed by atoms with Crippen molar-refractivity contribution in [1.29, 1.82) is 0 Å². The van der Waals surface area contributed by atoms with Gasteiger partial charge in [0, 0.05) is 16.7 Å². The van der Waals surface area contributed by atoms with E-state index in [1.165, 1.54) is 0 Å². The van der Waals surface area contributed by atoms with E-state index in [9.17, 15) is 9.59 Å². The number of nitrogens with one attached hydrogen (secondary N) is 1. The molecular formula is C18H19IN4O2. The summed E-state index contributed by atoms with van der Waals surface area (Å²) in [6, 6.07) is 11.1. The van der Waals surface area contributed by atoms with Gasteiger partial charge in [0.2, 0.25) is 5.91 Å². The van der Waals surface area contributed by atoms with Crippen LogP contribution in [0, 0.1) is 9.49 Å². The average Bonchev–Trinajstić information content (AvgIpc) is 2.62. The summed E-state index contributed by atoms with van der Waals surface area (Å²) in [7, 11) is 0. The number of halogens is 1. The van der Waals surface area contributed by atoms with Crippen LogP contribution in [0.1, 0.15) is 23.2 Å². The molecule has 25 heavy (non-hydrogen) atoms. The number of hydrogen-bond acceptors (Lipinski definition) is 4. The van der Waals surface area contributed by atoms with E-state index >= 15 is 0 Å². The van der Waals surface area contributed by atoms with Gasteiger partial charge >= 0.3 is 0 Å². The van der Waals surface area contributed by atoms with Crippen molar-refractivity contribution in [3.63, 3.8) is 0 Å². The molecule has 6 nitrogen and oxygen atoms in total. The molecule has 0 spiro atoms. The third kappa shape index (κ3) is 4.28. The Bertz CT molecular complexity index is 779. The molecule has 1 aliphatic heterocycles. The van der Waals surface area contributed by atoms with E-state index in [1.54, 1.807) is 12.3 Å². The molecule has 7 heteroatoms. The molecule has 1 atom stereocenters. The number of nitrogens with zero attached hydrogens (tertiary/aromatic N) is 2. The van der Waals surface area contributed by atoms with Crippen molar-refractivity contribution in [3.05, 3.63) is 51.7 Å². The van der Waals surface area contributed by atoms with Crippen LogP contribution in [-0.4, -0.2) is 29.9 Å². The molecule has 1 unspecified atom stereocenters. The van der Waals surface area contributed by atoms with Crippen LogP contribution in [0.4, 0.5) is 11.5 Å². The molecule has 1 saturated heterocycles. The number of benzene rings is 1. The zero-order valence-corrected chi connectivity index (χ0v) is 15.8. The van der Waals surface area contributed by atoms with Crippen LogP contribution in [-0.2, 0) is 4.79 Å². The predicted molar refractivity (Wildman–Crippen MR) is 105 cm³/mol. The first-order chi connectivity index (χ1) is 12.0. The van der Waals surface area contributed by atoms with Gasteiger partial charge in [-0.25, -0.2) is 4.98 Å². The molecule has 130 valence electrons. The van der Waals surface area contributed by atoms with Crippen LogP contribution in [0.5, 0.6) is 0 Å². The van der Waals surface area contributed by atoms with E-state index in [0.717, 1.165) is 28.8 Å². The summed E-state index contributed by atoms with van der Waals surface area (Å²) in [5, 5.41) is 2.86. The minimum Gasteiger partial charge on any atom is -0.369 e. The molecule has 1 aromatic carbocycles. The lowest BCUT2D eigenvalue weighted by molar-refractivity contribution is -0.122. The van der Waals surface area contributed by atoms with Gasteiger partial charge in [-0.3, -0.25) is 9.59 Å². The highest BCUT2D eigenvalue weighted by Crippen LogP contribution is 2.22. The van der Waals surface area contributed by atoms with Crippen LogP contribution in [0.25, 0.3) is 0 Å². The molecule has 2 heterocycles. The molecule has 0 radical (unpaired) electrons. The number of piperidine rings is 1. The van der Waals surface area contributed by atoms with Crippen molar-refractivity contribution in [2.45, 2.75) is 12.8 Å². The summed E-state index contributed by atoms with van der Waals surface area (Å²) in [5.74, 6) is 0.241. The molecule has 1 fully saturated rings. The lowest BCUT2D eigenvalue weighted by atomic mass is 9.97. The lowest BCUT2D eigenvalue weighted by Gasteiger charge is -2.32.